The van der Waals surface area contributed by atoms with Gasteiger partial charge in [-0.15, -0.1) is 0 Å². The van der Waals surface area contributed by atoms with Gasteiger partial charge in [-0.25, -0.2) is 4.39 Å². The van der Waals surface area contributed by atoms with Crippen LogP contribution in [0.1, 0.15) is 30.3 Å². The molecule has 0 radical (unpaired) electrons. The number of halogens is 1. The lowest BCUT2D eigenvalue weighted by atomic mass is 10.1. The molecule has 2 rings (SSSR count). The first-order chi connectivity index (χ1) is 8.67. The molecule has 0 fully saturated rings. The van der Waals surface area contributed by atoms with Crippen LogP contribution >= 0.6 is 0 Å². The monoisotopic (exact) mass is 250 g/mol. The van der Waals surface area contributed by atoms with Crippen LogP contribution in [0.4, 0.5) is 4.39 Å². The smallest absolute Gasteiger partial charge is 0.226 e. The van der Waals surface area contributed by atoms with Gasteiger partial charge in [0.2, 0.25) is 5.78 Å². The molecule has 0 aliphatic heterocycles. The van der Waals surface area contributed by atoms with Crippen LogP contribution in [0, 0.1) is 5.82 Å². The number of carbonyl (C=O) groups excluding carboxylic acids is 1. The molecule has 1 heterocycles. The predicted octanol–water partition coefficient (Wildman–Crippen LogP) is 3.57. The Hall–Kier alpha value is -1.68. The van der Waals surface area contributed by atoms with Crippen LogP contribution in [0.25, 0.3) is 11.0 Å². The highest BCUT2D eigenvalue weighted by molar-refractivity contribution is 6.00. The van der Waals surface area contributed by atoms with Gasteiger partial charge in [-0.1, -0.05) is 25.5 Å². The van der Waals surface area contributed by atoms with Crippen LogP contribution in [0.5, 0.6) is 0 Å². The van der Waals surface area contributed by atoms with Gasteiger partial charge in [-0.05, 0) is 18.6 Å². The Kier molecular flexibility index (Phi) is 3.77. The fraction of sp³-hybridized carbons (Fsp3) is 0.357. The highest BCUT2D eigenvalue weighted by Gasteiger charge is 2.22. The first-order valence-electron chi connectivity index (χ1n) is 5.92. The maximum absolute atomic E-state index is 13.5. The molecule has 0 bridgehead atoms. The summed E-state index contributed by atoms with van der Waals surface area (Å²) in [5.41, 5.74) is 0.118. The van der Waals surface area contributed by atoms with E-state index in [9.17, 15) is 9.18 Å². The highest BCUT2D eigenvalue weighted by atomic mass is 19.1. The van der Waals surface area contributed by atoms with Crippen LogP contribution < -0.4 is 0 Å². The number of hydrogen-bond acceptors (Lipinski definition) is 3. The third kappa shape index (κ3) is 2.29. The van der Waals surface area contributed by atoms with Gasteiger partial charge in [-0.2, -0.15) is 0 Å². The van der Waals surface area contributed by atoms with Crippen molar-refractivity contribution < 1.29 is 18.3 Å². The average Bonchev–Trinajstić information content (AvgIpc) is 2.80. The minimum atomic E-state index is -0.529. The largest absolute Gasteiger partial charge is 0.450 e. The number of hydrogen-bond donors (Lipinski definition) is 0. The standard InChI is InChI=1S/C14H15FO3/c1-3-5-11(17-2)13(16)12-8-9-6-4-7-10(15)14(9)18-12/h4,6-8,11H,3,5H2,1-2H3. The van der Waals surface area contributed by atoms with Gasteiger partial charge in [0.05, 0.1) is 0 Å². The number of methoxy groups -OCH3 is 1. The van der Waals surface area contributed by atoms with Crippen molar-refractivity contribution in [3.8, 4) is 0 Å². The van der Waals surface area contributed by atoms with Gasteiger partial charge >= 0.3 is 0 Å². The molecule has 0 N–H and O–H groups in total. The van der Waals surface area contributed by atoms with Gasteiger partial charge in [0.1, 0.15) is 6.10 Å². The molecular weight excluding hydrogens is 235 g/mol. The lowest BCUT2D eigenvalue weighted by Crippen LogP contribution is -2.22. The second-order valence-corrected chi connectivity index (χ2v) is 4.15. The summed E-state index contributed by atoms with van der Waals surface area (Å²) in [6, 6.07) is 6.16. The number of benzene rings is 1. The summed E-state index contributed by atoms with van der Waals surface area (Å²) in [7, 11) is 1.49. The van der Waals surface area contributed by atoms with Gasteiger partial charge in [0.15, 0.2) is 17.2 Å². The Morgan fingerprint density at radius 1 is 1.50 bits per heavy atom. The maximum atomic E-state index is 13.5. The summed E-state index contributed by atoms with van der Waals surface area (Å²) in [4.78, 5) is 12.1. The van der Waals surface area contributed by atoms with Crippen LogP contribution in [0.3, 0.4) is 0 Å². The molecule has 2 aromatic rings. The van der Waals surface area contributed by atoms with Crippen molar-refractivity contribution in [3.05, 3.63) is 35.8 Å². The van der Waals surface area contributed by atoms with Gasteiger partial charge < -0.3 is 9.15 Å². The first kappa shape index (κ1) is 12.8. The minimum absolute atomic E-state index is 0.118. The Morgan fingerprint density at radius 2 is 2.28 bits per heavy atom. The summed E-state index contributed by atoms with van der Waals surface area (Å²) in [6.45, 7) is 1.97. The Balaban J connectivity index is 2.36. The van der Waals surface area contributed by atoms with Crippen LogP contribution in [-0.2, 0) is 4.74 Å². The third-order valence-corrected chi connectivity index (χ3v) is 2.87. The summed E-state index contributed by atoms with van der Waals surface area (Å²) in [5, 5.41) is 0.588. The number of carbonyl (C=O) groups is 1. The highest BCUT2D eigenvalue weighted by Crippen LogP contribution is 2.23. The van der Waals surface area contributed by atoms with E-state index in [1.54, 1.807) is 18.2 Å². The molecule has 0 aliphatic rings. The second kappa shape index (κ2) is 5.31. The Bertz CT molecular complexity index is 559. The minimum Gasteiger partial charge on any atom is -0.450 e. The van der Waals surface area contributed by atoms with E-state index in [2.05, 4.69) is 0 Å². The average molecular weight is 250 g/mol. The van der Waals surface area contributed by atoms with Crippen molar-refractivity contribution in [1.82, 2.24) is 0 Å². The van der Waals surface area contributed by atoms with E-state index in [-0.39, 0.29) is 17.1 Å². The van der Waals surface area contributed by atoms with Gasteiger partial charge in [-0.3, -0.25) is 4.79 Å². The molecule has 3 nitrogen and oxygen atoms in total. The molecule has 96 valence electrons. The number of ketones is 1. The van der Waals surface area contributed by atoms with Crippen LogP contribution in [-0.4, -0.2) is 19.0 Å². The number of Topliss-reactive ketones (excluding diaryl/α,β-unsaturated/α-hetero) is 1. The van der Waals surface area contributed by atoms with Crippen molar-refractivity contribution in [1.29, 1.82) is 0 Å². The molecule has 0 saturated carbocycles. The fourth-order valence-corrected chi connectivity index (χ4v) is 1.93. The zero-order valence-corrected chi connectivity index (χ0v) is 10.4. The molecule has 0 spiro atoms. The molecule has 1 aromatic carbocycles. The summed E-state index contributed by atoms with van der Waals surface area (Å²) in [6.07, 6.45) is 0.923. The molecule has 0 amide bonds. The number of ether oxygens (including phenoxy) is 1. The quantitative estimate of drug-likeness (QED) is 0.761. The summed E-state index contributed by atoms with van der Waals surface area (Å²) in [5.74, 6) is -0.554. The van der Waals surface area contributed by atoms with E-state index in [0.717, 1.165) is 6.42 Å². The molecule has 0 aliphatic carbocycles. The topological polar surface area (TPSA) is 39.4 Å². The van der Waals surface area contributed by atoms with Crippen LogP contribution in [0.15, 0.2) is 28.7 Å². The Labute approximate surface area is 105 Å². The lowest BCUT2D eigenvalue weighted by Gasteiger charge is -2.10. The molecule has 1 atom stereocenters. The van der Waals surface area contributed by atoms with Crippen molar-refractivity contribution in [2.45, 2.75) is 25.9 Å². The zero-order valence-electron chi connectivity index (χ0n) is 10.4. The lowest BCUT2D eigenvalue weighted by molar-refractivity contribution is 0.0553. The summed E-state index contributed by atoms with van der Waals surface area (Å²) < 4.78 is 23.9. The van der Waals surface area contributed by atoms with E-state index < -0.39 is 11.9 Å². The van der Waals surface area contributed by atoms with E-state index in [4.69, 9.17) is 9.15 Å². The number of rotatable bonds is 5. The van der Waals surface area contributed by atoms with Crippen molar-refractivity contribution in [2.24, 2.45) is 0 Å². The normalized spacial score (nSPS) is 12.8. The number of fused-ring (bicyclic) bond motifs is 1. The van der Waals surface area contributed by atoms with Crippen molar-refractivity contribution >= 4 is 16.8 Å². The molecule has 18 heavy (non-hydrogen) atoms. The van der Waals surface area contributed by atoms with E-state index in [1.807, 2.05) is 6.92 Å². The molecular formula is C14H15FO3. The molecule has 4 heteroatoms. The Morgan fingerprint density at radius 3 is 2.89 bits per heavy atom. The third-order valence-electron chi connectivity index (χ3n) is 2.87. The van der Waals surface area contributed by atoms with Gasteiger partial charge in [0.25, 0.3) is 0 Å². The van der Waals surface area contributed by atoms with Gasteiger partial charge in [0, 0.05) is 12.5 Å². The SMILES string of the molecule is CCCC(OC)C(=O)c1cc2cccc(F)c2o1. The van der Waals surface area contributed by atoms with E-state index in [0.29, 0.717) is 11.8 Å². The molecule has 1 unspecified atom stereocenters. The van der Waals surface area contributed by atoms with E-state index >= 15 is 0 Å². The van der Waals surface area contributed by atoms with Crippen LogP contribution in [0.2, 0.25) is 0 Å². The van der Waals surface area contributed by atoms with Crippen molar-refractivity contribution in [3.63, 3.8) is 0 Å². The van der Waals surface area contributed by atoms with E-state index in [1.165, 1.54) is 13.2 Å². The summed E-state index contributed by atoms with van der Waals surface area (Å²) >= 11 is 0. The van der Waals surface area contributed by atoms with Crippen molar-refractivity contribution in [2.75, 3.05) is 7.11 Å². The fourth-order valence-electron chi connectivity index (χ4n) is 1.93. The predicted molar refractivity (Wildman–Crippen MR) is 66.2 cm³/mol. The maximum Gasteiger partial charge on any atom is 0.226 e. The number of para-hydroxylation sites is 1. The first-order valence-corrected chi connectivity index (χ1v) is 5.92. The molecule has 1 aromatic heterocycles. The number of furan rings is 1. The molecule has 0 saturated heterocycles. The zero-order chi connectivity index (χ0) is 13.1. The second-order valence-electron chi connectivity index (χ2n) is 4.15.